The maximum absolute atomic E-state index is 12.4. The minimum Gasteiger partial charge on any atom is -0.495 e. The topological polar surface area (TPSA) is 112 Å². The molecule has 0 spiro atoms. The molecule has 0 radical (unpaired) electrons. The molecule has 4 rings (SSSR count). The number of hydrogen-bond donors (Lipinski definition) is 1. The van der Waals surface area contributed by atoms with E-state index in [2.05, 4.69) is 5.32 Å². The van der Waals surface area contributed by atoms with Crippen LogP contribution in [0.5, 0.6) is 5.75 Å². The van der Waals surface area contributed by atoms with Crippen molar-refractivity contribution in [2.24, 2.45) is 0 Å². The highest BCUT2D eigenvalue weighted by Gasteiger charge is 2.19. The molecule has 0 aliphatic carbocycles. The Morgan fingerprint density at radius 2 is 1.79 bits per heavy atom. The number of methoxy groups -OCH3 is 1. The van der Waals surface area contributed by atoms with Crippen LogP contribution in [-0.4, -0.2) is 40.3 Å². The molecule has 0 saturated carbocycles. The van der Waals surface area contributed by atoms with Gasteiger partial charge < -0.3 is 19.2 Å². The van der Waals surface area contributed by atoms with Gasteiger partial charge in [0.05, 0.1) is 28.3 Å². The van der Waals surface area contributed by atoms with Crippen LogP contribution in [0.25, 0.3) is 21.9 Å². The van der Waals surface area contributed by atoms with E-state index >= 15 is 0 Å². The average Bonchev–Trinajstić information content (AvgIpc) is 3.13. The number of rotatable bonds is 6. The molecule has 1 N–H and O–H groups in total. The Morgan fingerprint density at radius 1 is 1.03 bits per heavy atom. The highest BCUT2D eigenvalue weighted by atomic mass is 35.5. The summed E-state index contributed by atoms with van der Waals surface area (Å²) in [5, 5.41) is 4.36. The Morgan fingerprint density at radius 3 is 2.52 bits per heavy atom. The van der Waals surface area contributed by atoms with Crippen molar-refractivity contribution >= 4 is 60.9 Å². The third kappa shape index (κ3) is 4.64. The molecule has 8 nitrogen and oxygen atoms in total. The number of amides is 1. The summed E-state index contributed by atoms with van der Waals surface area (Å²) < 4.78 is 39.7. The minimum atomic E-state index is -3.55. The van der Waals surface area contributed by atoms with Crippen LogP contribution < -0.4 is 10.1 Å². The summed E-state index contributed by atoms with van der Waals surface area (Å²) in [4.78, 5) is 24.7. The van der Waals surface area contributed by atoms with Crippen LogP contribution in [0.3, 0.4) is 0 Å². The fraction of sp³-hybridized carbons (Fsp3) is 0.130. The number of ether oxygens (including phenoxy) is 2. The number of halogens is 1. The van der Waals surface area contributed by atoms with Gasteiger partial charge in [0.2, 0.25) is 0 Å². The Hall–Kier alpha value is -3.56. The first-order valence-electron chi connectivity index (χ1n) is 9.63. The van der Waals surface area contributed by atoms with Crippen molar-refractivity contribution in [1.82, 2.24) is 0 Å². The molecular formula is C23H18ClNO7S. The number of furan rings is 1. The molecule has 0 bridgehead atoms. The number of hydrogen-bond acceptors (Lipinski definition) is 7. The van der Waals surface area contributed by atoms with E-state index in [9.17, 15) is 18.0 Å². The molecule has 0 aliphatic rings. The van der Waals surface area contributed by atoms with Crippen molar-refractivity contribution in [2.75, 3.05) is 25.3 Å². The van der Waals surface area contributed by atoms with Gasteiger partial charge in [-0.2, -0.15) is 0 Å². The molecule has 10 heteroatoms. The van der Waals surface area contributed by atoms with Gasteiger partial charge in [-0.15, -0.1) is 0 Å². The molecule has 170 valence electrons. The first-order chi connectivity index (χ1) is 15.7. The first-order valence-corrected chi connectivity index (χ1v) is 11.9. The summed E-state index contributed by atoms with van der Waals surface area (Å²) >= 11 is 5.99. The molecule has 0 atom stereocenters. The third-order valence-corrected chi connectivity index (χ3v) is 6.33. The van der Waals surface area contributed by atoms with Gasteiger partial charge in [0.1, 0.15) is 16.9 Å². The number of fused-ring (bicyclic) bond motifs is 3. The summed E-state index contributed by atoms with van der Waals surface area (Å²) in [6.45, 7) is -0.625. The monoisotopic (exact) mass is 487 g/mol. The lowest BCUT2D eigenvalue weighted by molar-refractivity contribution is -0.119. The Labute approximate surface area is 193 Å². The third-order valence-electron chi connectivity index (χ3n) is 4.89. The summed E-state index contributed by atoms with van der Waals surface area (Å²) in [6, 6.07) is 14.5. The van der Waals surface area contributed by atoms with E-state index in [0.717, 1.165) is 23.1 Å². The van der Waals surface area contributed by atoms with Crippen LogP contribution in [0.2, 0.25) is 5.02 Å². The Kier molecular flexibility index (Phi) is 6.01. The lowest BCUT2D eigenvalue weighted by Crippen LogP contribution is -2.21. The van der Waals surface area contributed by atoms with Crippen molar-refractivity contribution in [3.8, 4) is 5.75 Å². The molecule has 3 aromatic carbocycles. The van der Waals surface area contributed by atoms with Gasteiger partial charge in [-0.3, -0.25) is 4.79 Å². The average molecular weight is 488 g/mol. The summed E-state index contributed by atoms with van der Waals surface area (Å²) in [7, 11) is -2.08. The number of carbonyl (C=O) groups excluding carboxylic acids is 2. The number of sulfone groups is 1. The predicted molar refractivity (Wildman–Crippen MR) is 124 cm³/mol. The van der Waals surface area contributed by atoms with Crippen LogP contribution >= 0.6 is 11.6 Å². The van der Waals surface area contributed by atoms with Crippen molar-refractivity contribution < 1.29 is 31.9 Å². The molecular weight excluding hydrogens is 470 g/mol. The van der Waals surface area contributed by atoms with E-state index in [1.165, 1.54) is 19.2 Å². The van der Waals surface area contributed by atoms with Crippen molar-refractivity contribution in [3.63, 3.8) is 0 Å². The quantitative estimate of drug-likeness (QED) is 0.400. The normalized spacial score (nSPS) is 11.5. The standard InChI is InChI=1S/C23H18ClNO7S/c1-30-21-10-15-14-5-3-4-6-19(14)32-20(15)11-18(21)25-22(26)12-31-23(27)16-9-13(33(2,28)29)7-8-17(16)24/h3-11H,12H2,1-2H3,(H,25,26). The van der Waals surface area contributed by atoms with Crippen molar-refractivity contribution in [2.45, 2.75) is 4.90 Å². The zero-order valence-corrected chi connectivity index (χ0v) is 19.1. The molecule has 0 fully saturated rings. The zero-order valence-electron chi connectivity index (χ0n) is 17.5. The van der Waals surface area contributed by atoms with Gasteiger partial charge in [-0.05, 0) is 30.3 Å². The second-order valence-corrected chi connectivity index (χ2v) is 9.61. The highest BCUT2D eigenvalue weighted by molar-refractivity contribution is 7.90. The molecule has 1 amide bonds. The Balaban J connectivity index is 1.51. The SMILES string of the molecule is COc1cc2c(cc1NC(=O)COC(=O)c1cc(S(C)(=O)=O)ccc1Cl)oc1ccccc12. The van der Waals surface area contributed by atoms with E-state index in [-0.39, 0.29) is 15.5 Å². The maximum Gasteiger partial charge on any atom is 0.340 e. The van der Waals surface area contributed by atoms with E-state index in [1.54, 1.807) is 12.1 Å². The lowest BCUT2D eigenvalue weighted by Gasteiger charge is -2.11. The van der Waals surface area contributed by atoms with E-state index < -0.39 is 28.3 Å². The first kappa shape index (κ1) is 22.6. The van der Waals surface area contributed by atoms with Gasteiger partial charge in [0, 0.05) is 23.1 Å². The van der Waals surface area contributed by atoms with Gasteiger partial charge >= 0.3 is 5.97 Å². The smallest absolute Gasteiger partial charge is 0.340 e. The van der Waals surface area contributed by atoms with Crippen LogP contribution in [0.15, 0.2) is 63.9 Å². The zero-order chi connectivity index (χ0) is 23.8. The number of esters is 1. The molecule has 4 aromatic rings. The number of nitrogens with one attached hydrogen (secondary N) is 1. The molecule has 0 unspecified atom stereocenters. The van der Waals surface area contributed by atoms with E-state index in [4.69, 9.17) is 25.5 Å². The number of para-hydroxylation sites is 1. The second-order valence-electron chi connectivity index (χ2n) is 7.18. The van der Waals surface area contributed by atoms with Gasteiger partial charge in [0.15, 0.2) is 16.4 Å². The highest BCUT2D eigenvalue weighted by Crippen LogP contribution is 2.36. The number of benzene rings is 3. The maximum atomic E-state index is 12.4. The largest absolute Gasteiger partial charge is 0.495 e. The Bertz CT molecular complexity index is 1510. The molecule has 33 heavy (non-hydrogen) atoms. The van der Waals surface area contributed by atoms with Crippen LogP contribution in [0.1, 0.15) is 10.4 Å². The van der Waals surface area contributed by atoms with Crippen molar-refractivity contribution in [3.05, 3.63) is 65.2 Å². The van der Waals surface area contributed by atoms with Crippen LogP contribution in [0.4, 0.5) is 5.69 Å². The number of carbonyl (C=O) groups is 2. The second kappa shape index (κ2) is 8.76. The van der Waals surface area contributed by atoms with Gasteiger partial charge in [-0.25, -0.2) is 13.2 Å². The predicted octanol–water partition coefficient (Wildman–Crippen LogP) is 4.45. The van der Waals surface area contributed by atoms with Crippen LogP contribution in [0, 0.1) is 0 Å². The molecule has 0 saturated heterocycles. The summed E-state index contributed by atoms with van der Waals surface area (Å²) in [5.41, 5.74) is 1.42. The fourth-order valence-corrected chi connectivity index (χ4v) is 4.15. The molecule has 1 aromatic heterocycles. The van der Waals surface area contributed by atoms with Crippen molar-refractivity contribution in [1.29, 1.82) is 0 Å². The lowest BCUT2D eigenvalue weighted by atomic mass is 10.1. The van der Waals surface area contributed by atoms with Crippen LogP contribution in [-0.2, 0) is 19.4 Å². The summed E-state index contributed by atoms with van der Waals surface area (Å²) in [5.74, 6) is -1.16. The number of anilines is 1. The summed E-state index contributed by atoms with van der Waals surface area (Å²) in [6.07, 6.45) is 1.00. The molecule has 1 heterocycles. The molecule has 0 aliphatic heterocycles. The van der Waals surface area contributed by atoms with Gasteiger partial charge in [0.25, 0.3) is 5.91 Å². The van der Waals surface area contributed by atoms with E-state index in [0.29, 0.717) is 22.6 Å². The van der Waals surface area contributed by atoms with Gasteiger partial charge in [-0.1, -0.05) is 29.8 Å². The fourth-order valence-electron chi connectivity index (χ4n) is 3.30. The minimum absolute atomic E-state index is 0.00446. The van der Waals surface area contributed by atoms with E-state index in [1.807, 2.05) is 24.3 Å².